The van der Waals surface area contributed by atoms with Crippen LogP contribution in [0.4, 0.5) is 0 Å². The number of benzene rings is 1. The Balaban J connectivity index is -0.00000250. The van der Waals surface area contributed by atoms with E-state index in [0.717, 1.165) is 69.0 Å². The number of rotatable bonds is 25. The minimum absolute atomic E-state index is 0.0503. The Morgan fingerprint density at radius 3 is 2.00 bits per heavy atom. The highest BCUT2D eigenvalue weighted by Gasteiger charge is 2.26. The Bertz CT molecular complexity index is 1160. The van der Waals surface area contributed by atoms with Crippen LogP contribution in [-0.4, -0.2) is 144 Å². The summed E-state index contributed by atoms with van der Waals surface area (Å²) in [6, 6.07) is 4.90. The number of carboxylic acid groups (broad SMARTS) is 3. The topological polar surface area (TPSA) is 250 Å². The second kappa shape index (κ2) is 36.2. The summed E-state index contributed by atoms with van der Waals surface area (Å²) in [5.41, 5.74) is 8.27. The number of amides is 1. The van der Waals surface area contributed by atoms with Crippen LogP contribution < -0.4 is 22.0 Å². The van der Waals surface area contributed by atoms with Crippen LogP contribution in [0.5, 0.6) is 0 Å². The van der Waals surface area contributed by atoms with Crippen LogP contribution in [0.1, 0.15) is 89.3 Å². The van der Waals surface area contributed by atoms with Gasteiger partial charge in [-0.1, -0.05) is 52.2 Å². The molecule has 1 aromatic carbocycles. The van der Waals surface area contributed by atoms with Crippen LogP contribution in [0.25, 0.3) is 0 Å². The molecule has 17 heteroatoms. The zero-order valence-electron chi connectivity index (χ0n) is 33.0. The highest BCUT2D eigenvalue weighted by molar-refractivity contribution is 5.98. The van der Waals surface area contributed by atoms with Gasteiger partial charge >= 0.3 is 11.9 Å². The number of carbonyl (C=O) groups excluding carboxylic acids is 2. The van der Waals surface area contributed by atoms with Crippen molar-refractivity contribution in [3.05, 3.63) is 34.9 Å². The summed E-state index contributed by atoms with van der Waals surface area (Å²) in [5.74, 6) is 3.82. The van der Waals surface area contributed by atoms with Gasteiger partial charge in [-0.25, -0.2) is 5.43 Å². The minimum Gasteiger partial charge on any atom is -0.483 e. The standard InChI is InChI=1S/C31H56N8O5.C3H6O.CH2O2.CH4O/c1-6-9-10-14-37(8-3)15-16-38(23-29(41)42)17-18-39(13-7-2)27(31(43)44)11-12-28(40)34-22-25-19-24(4)20-26(21-25)30(35-32)36-33-5;1-2-3-4;2-1-3;1-2/h19-21,27,33H,6-18,22-23,32H2,1-5H3,(H,34,40)(H,35,36)(H,41,42)(H,43,44);3H,2H2,1H3;1H,(H,2,3);2H,1H3. The molecule has 0 aliphatic rings. The molecular formula is C36H68N8O9. The predicted octanol–water partition coefficient (Wildman–Crippen LogP) is 1.70. The molecule has 0 bridgehead atoms. The molecular weight excluding hydrogens is 688 g/mol. The van der Waals surface area contributed by atoms with E-state index in [1.54, 1.807) is 7.05 Å². The van der Waals surface area contributed by atoms with Gasteiger partial charge in [0.05, 0.1) is 6.54 Å². The molecule has 1 unspecified atom stereocenters. The van der Waals surface area contributed by atoms with Gasteiger partial charge in [-0.15, -0.1) is 0 Å². The second-order valence-corrected chi connectivity index (χ2v) is 11.8. The van der Waals surface area contributed by atoms with E-state index < -0.39 is 18.0 Å². The average molecular weight is 757 g/mol. The van der Waals surface area contributed by atoms with E-state index in [-0.39, 0.29) is 38.3 Å². The van der Waals surface area contributed by atoms with E-state index >= 15 is 0 Å². The van der Waals surface area contributed by atoms with Gasteiger partial charge in [-0.3, -0.25) is 29.0 Å². The third kappa shape index (κ3) is 28.1. The SMILES string of the molecule is CCC=O.CCCCCN(CC)CCN(CCN(CCC)C(CCC(=O)NCc1cc(C)cc(/C(=N/N)NNC)c1)C(=O)O)CC(=O)O.CO.O=CO. The molecule has 0 spiro atoms. The number of nitrogens with one attached hydrogen (secondary N) is 3. The summed E-state index contributed by atoms with van der Waals surface area (Å²) in [7, 11) is 2.70. The fourth-order valence-corrected chi connectivity index (χ4v) is 5.16. The molecule has 0 radical (unpaired) electrons. The third-order valence-electron chi connectivity index (χ3n) is 7.64. The summed E-state index contributed by atoms with van der Waals surface area (Å²) in [6.07, 6.45) is 5.89. The Morgan fingerprint density at radius 2 is 1.51 bits per heavy atom. The zero-order valence-corrected chi connectivity index (χ0v) is 33.0. The molecule has 306 valence electrons. The second-order valence-electron chi connectivity index (χ2n) is 11.8. The summed E-state index contributed by atoms with van der Waals surface area (Å²) in [5, 5.41) is 40.1. The molecule has 1 amide bonds. The first-order valence-electron chi connectivity index (χ1n) is 18.1. The molecule has 0 saturated carbocycles. The van der Waals surface area contributed by atoms with Crippen molar-refractivity contribution in [1.29, 1.82) is 0 Å². The summed E-state index contributed by atoms with van der Waals surface area (Å²) in [4.78, 5) is 60.3. The van der Waals surface area contributed by atoms with Crippen molar-refractivity contribution in [2.24, 2.45) is 10.9 Å². The number of amidine groups is 1. The van der Waals surface area contributed by atoms with Crippen molar-refractivity contribution >= 4 is 36.4 Å². The zero-order chi connectivity index (χ0) is 41.0. The lowest BCUT2D eigenvalue weighted by molar-refractivity contribution is -0.144. The average Bonchev–Trinajstić information content (AvgIpc) is 3.13. The fraction of sp³-hybridized carbons (Fsp3) is 0.667. The van der Waals surface area contributed by atoms with Crippen molar-refractivity contribution in [3.8, 4) is 0 Å². The van der Waals surface area contributed by atoms with Gasteiger partial charge in [0.25, 0.3) is 6.47 Å². The van der Waals surface area contributed by atoms with Crippen LogP contribution in [0.15, 0.2) is 23.3 Å². The normalized spacial score (nSPS) is 11.3. The number of hydrazine groups is 1. The summed E-state index contributed by atoms with van der Waals surface area (Å²) < 4.78 is 0. The lowest BCUT2D eigenvalue weighted by atomic mass is 10.1. The minimum atomic E-state index is -0.988. The first kappa shape index (κ1) is 53.2. The molecule has 17 nitrogen and oxygen atoms in total. The van der Waals surface area contributed by atoms with Crippen LogP contribution in [0.3, 0.4) is 0 Å². The van der Waals surface area contributed by atoms with Gasteiger partial charge in [0.15, 0.2) is 5.84 Å². The van der Waals surface area contributed by atoms with Crippen molar-refractivity contribution < 1.29 is 44.4 Å². The van der Waals surface area contributed by atoms with E-state index in [4.69, 9.17) is 20.9 Å². The largest absolute Gasteiger partial charge is 0.483 e. The lowest BCUT2D eigenvalue weighted by Gasteiger charge is -2.32. The van der Waals surface area contributed by atoms with E-state index in [1.807, 2.05) is 48.8 Å². The smallest absolute Gasteiger partial charge is 0.320 e. The van der Waals surface area contributed by atoms with E-state index in [9.17, 15) is 29.4 Å². The van der Waals surface area contributed by atoms with E-state index in [1.165, 1.54) is 6.42 Å². The van der Waals surface area contributed by atoms with E-state index in [0.29, 0.717) is 38.4 Å². The number of hydrogen-bond acceptors (Lipinski definition) is 12. The number of hydrogen-bond donors (Lipinski definition) is 8. The number of aryl methyl sites for hydroxylation is 1. The van der Waals surface area contributed by atoms with Crippen molar-refractivity contribution in [3.63, 3.8) is 0 Å². The quantitative estimate of drug-likeness (QED) is 0.0177. The Hall–Kier alpha value is -4.16. The van der Waals surface area contributed by atoms with Crippen LogP contribution >= 0.6 is 0 Å². The maximum Gasteiger partial charge on any atom is 0.320 e. The van der Waals surface area contributed by atoms with Gasteiger partial charge in [0.1, 0.15) is 12.3 Å². The fourth-order valence-electron chi connectivity index (χ4n) is 5.16. The first-order valence-corrected chi connectivity index (χ1v) is 18.1. The first-order chi connectivity index (χ1) is 25.4. The molecule has 0 aliphatic carbocycles. The number of aliphatic hydroxyl groups is 1. The lowest BCUT2D eigenvalue weighted by Crippen LogP contribution is -2.47. The summed E-state index contributed by atoms with van der Waals surface area (Å²) in [6.45, 7) is 14.5. The van der Waals surface area contributed by atoms with Gasteiger partial charge in [-0.05, 0) is 63.5 Å². The highest BCUT2D eigenvalue weighted by Crippen LogP contribution is 2.12. The number of likely N-dealkylation sites (N-methyl/N-ethyl adjacent to an activating group) is 1. The summed E-state index contributed by atoms with van der Waals surface area (Å²) >= 11 is 0. The molecule has 0 fully saturated rings. The van der Waals surface area contributed by atoms with Crippen molar-refractivity contribution in [1.82, 2.24) is 30.9 Å². The molecule has 0 aliphatic heterocycles. The number of carbonyl (C=O) groups is 5. The molecule has 9 N–H and O–H groups in total. The highest BCUT2D eigenvalue weighted by atomic mass is 16.4. The molecule has 0 heterocycles. The number of hydrazone groups is 1. The van der Waals surface area contributed by atoms with Gasteiger partial charge in [0.2, 0.25) is 5.91 Å². The van der Waals surface area contributed by atoms with Crippen molar-refractivity contribution in [2.45, 2.75) is 92.2 Å². The number of unbranched alkanes of at least 4 members (excludes halogenated alkanes) is 2. The molecule has 1 rings (SSSR count). The van der Waals surface area contributed by atoms with Crippen LogP contribution in [-0.2, 0) is 30.5 Å². The Morgan fingerprint density at radius 1 is 0.906 bits per heavy atom. The van der Waals surface area contributed by atoms with Gasteiger partial charge in [0, 0.05) is 65.3 Å². The van der Waals surface area contributed by atoms with E-state index in [2.05, 4.69) is 40.0 Å². The molecule has 53 heavy (non-hydrogen) atoms. The third-order valence-corrected chi connectivity index (χ3v) is 7.64. The van der Waals surface area contributed by atoms with Crippen LogP contribution in [0, 0.1) is 6.92 Å². The maximum atomic E-state index is 12.8. The number of aliphatic carboxylic acids is 2. The molecule has 0 aromatic heterocycles. The monoisotopic (exact) mass is 757 g/mol. The van der Waals surface area contributed by atoms with Gasteiger partial charge < -0.3 is 46.7 Å². The number of aliphatic hydroxyl groups excluding tert-OH is 1. The number of aldehydes is 1. The predicted molar refractivity (Wildman–Crippen MR) is 207 cm³/mol. The van der Waals surface area contributed by atoms with Crippen LogP contribution in [0.2, 0.25) is 0 Å². The van der Waals surface area contributed by atoms with Crippen molar-refractivity contribution in [2.75, 3.05) is 66.5 Å². The number of carboxylic acids is 2. The molecule has 1 atom stereocenters. The number of nitrogens with zero attached hydrogens (tertiary/aromatic N) is 4. The number of nitrogens with two attached hydrogens (primary N) is 1. The molecule has 0 saturated heterocycles. The van der Waals surface area contributed by atoms with Gasteiger partial charge in [-0.2, -0.15) is 5.10 Å². The maximum absolute atomic E-state index is 12.8. The molecule has 1 aromatic rings. The Kier molecular flexibility index (Phi) is 36.3. The Labute approximate surface area is 315 Å².